The Kier molecular flexibility index (Phi) is 7.36. The third kappa shape index (κ3) is 5.89. The van der Waals surface area contributed by atoms with Gasteiger partial charge in [-0.05, 0) is 79.5 Å². The molecule has 1 fully saturated rings. The van der Waals surface area contributed by atoms with Gasteiger partial charge in [-0.25, -0.2) is 0 Å². The molecule has 1 aliphatic heterocycles. The molecule has 2 N–H and O–H groups in total. The molecule has 192 valence electrons. The van der Waals surface area contributed by atoms with Gasteiger partial charge in [0.05, 0.1) is 18.2 Å². The second-order valence-corrected chi connectivity index (χ2v) is 11.0. The molecule has 0 saturated heterocycles. The molecule has 0 amide bonds. The molecule has 5 nitrogen and oxygen atoms in total. The number of nitrogens with one attached hydrogen (secondary N) is 1. The average molecular weight is 517 g/mol. The zero-order chi connectivity index (χ0) is 26.0. The lowest BCUT2D eigenvalue weighted by Crippen LogP contribution is -2.43. The van der Waals surface area contributed by atoms with Crippen molar-refractivity contribution in [1.29, 1.82) is 0 Å². The van der Waals surface area contributed by atoms with Crippen LogP contribution in [0.5, 0.6) is 0 Å². The number of halogens is 1. The first-order chi connectivity index (χ1) is 17.8. The van der Waals surface area contributed by atoms with Gasteiger partial charge in [0.2, 0.25) is 0 Å². The Morgan fingerprint density at radius 1 is 1.11 bits per heavy atom. The van der Waals surface area contributed by atoms with Crippen molar-refractivity contribution >= 4 is 23.3 Å². The molecule has 3 unspecified atom stereocenters. The molecule has 3 aromatic rings. The van der Waals surface area contributed by atoms with Gasteiger partial charge in [0, 0.05) is 16.5 Å². The maximum atomic E-state index is 11.2. The van der Waals surface area contributed by atoms with Crippen LogP contribution in [0.1, 0.15) is 62.3 Å². The Labute approximate surface area is 223 Å². The van der Waals surface area contributed by atoms with Gasteiger partial charge in [-0.15, -0.1) is 0 Å². The largest absolute Gasteiger partial charge is 0.481 e. The molecule has 3 aromatic carbocycles. The summed E-state index contributed by atoms with van der Waals surface area (Å²) in [6.45, 7) is 4.20. The molecular formula is C31H33ClN2O3. The van der Waals surface area contributed by atoms with E-state index < -0.39 is 5.97 Å². The summed E-state index contributed by atoms with van der Waals surface area (Å²) in [5.41, 5.74) is 6.47. The van der Waals surface area contributed by atoms with Crippen LogP contribution in [0.25, 0.3) is 11.1 Å². The van der Waals surface area contributed by atoms with E-state index >= 15 is 0 Å². The SMILES string of the molecule is CC1=NOC(c2ccc(-c3ccc(C4(CC(=O)O)CC4)cc3)cc2)C1NC(C)CCc1cccc(Cl)c1. The highest BCUT2D eigenvalue weighted by Gasteiger charge is 2.45. The maximum absolute atomic E-state index is 11.2. The predicted molar refractivity (Wildman–Crippen MR) is 148 cm³/mol. The van der Waals surface area contributed by atoms with Crippen molar-refractivity contribution in [3.8, 4) is 11.1 Å². The number of aliphatic carboxylic acids is 1. The third-order valence-electron chi connectivity index (χ3n) is 7.70. The first kappa shape index (κ1) is 25.5. The third-order valence-corrected chi connectivity index (χ3v) is 7.93. The van der Waals surface area contributed by atoms with Crippen LogP contribution in [0.15, 0.2) is 78.0 Å². The number of benzene rings is 3. The summed E-state index contributed by atoms with van der Waals surface area (Å²) in [5, 5.41) is 18.0. The Balaban J connectivity index is 1.22. The fourth-order valence-electron chi connectivity index (χ4n) is 5.29. The van der Waals surface area contributed by atoms with E-state index in [0.717, 1.165) is 58.7 Å². The van der Waals surface area contributed by atoms with Crippen molar-refractivity contribution < 1.29 is 14.7 Å². The van der Waals surface area contributed by atoms with E-state index in [4.69, 9.17) is 16.4 Å². The van der Waals surface area contributed by atoms with E-state index in [-0.39, 0.29) is 30.0 Å². The minimum Gasteiger partial charge on any atom is -0.481 e. The minimum atomic E-state index is -0.728. The number of carbonyl (C=O) groups is 1. The Morgan fingerprint density at radius 3 is 2.41 bits per heavy atom. The lowest BCUT2D eigenvalue weighted by Gasteiger charge is -2.24. The van der Waals surface area contributed by atoms with Gasteiger partial charge in [-0.2, -0.15) is 0 Å². The second kappa shape index (κ2) is 10.7. The fourth-order valence-corrected chi connectivity index (χ4v) is 5.51. The van der Waals surface area contributed by atoms with E-state index in [1.165, 1.54) is 5.56 Å². The molecular weight excluding hydrogens is 484 g/mol. The smallest absolute Gasteiger partial charge is 0.304 e. The van der Waals surface area contributed by atoms with Crippen LogP contribution in [0.2, 0.25) is 5.02 Å². The average Bonchev–Trinajstić information content (AvgIpc) is 3.58. The van der Waals surface area contributed by atoms with Crippen molar-refractivity contribution in [2.24, 2.45) is 5.16 Å². The van der Waals surface area contributed by atoms with E-state index in [1.807, 2.05) is 25.1 Å². The van der Waals surface area contributed by atoms with Crippen molar-refractivity contribution in [3.05, 3.63) is 94.5 Å². The van der Waals surface area contributed by atoms with Crippen LogP contribution in [0.3, 0.4) is 0 Å². The van der Waals surface area contributed by atoms with E-state index in [0.29, 0.717) is 0 Å². The minimum absolute atomic E-state index is 0.0171. The second-order valence-electron chi connectivity index (χ2n) is 10.5. The predicted octanol–water partition coefficient (Wildman–Crippen LogP) is 6.94. The van der Waals surface area contributed by atoms with Gasteiger partial charge in [0.25, 0.3) is 0 Å². The highest BCUT2D eigenvalue weighted by atomic mass is 35.5. The van der Waals surface area contributed by atoms with Gasteiger partial charge >= 0.3 is 5.97 Å². The Bertz CT molecular complexity index is 1280. The maximum Gasteiger partial charge on any atom is 0.304 e. The number of oxime groups is 1. The van der Waals surface area contributed by atoms with Gasteiger partial charge in [0.1, 0.15) is 0 Å². The monoisotopic (exact) mass is 516 g/mol. The first-order valence-electron chi connectivity index (χ1n) is 13.0. The number of hydrogen-bond acceptors (Lipinski definition) is 4. The van der Waals surface area contributed by atoms with Crippen LogP contribution in [0, 0.1) is 0 Å². The van der Waals surface area contributed by atoms with Gasteiger partial charge in [0.15, 0.2) is 6.10 Å². The van der Waals surface area contributed by atoms with E-state index in [2.05, 4.69) is 72.0 Å². The molecule has 1 saturated carbocycles. The zero-order valence-corrected chi connectivity index (χ0v) is 22.0. The topological polar surface area (TPSA) is 70.9 Å². The first-order valence-corrected chi connectivity index (χ1v) is 13.3. The molecule has 0 radical (unpaired) electrons. The van der Waals surface area contributed by atoms with Crippen LogP contribution in [-0.2, 0) is 21.5 Å². The molecule has 1 aliphatic carbocycles. The molecule has 0 aromatic heterocycles. The summed E-state index contributed by atoms with van der Waals surface area (Å²) in [4.78, 5) is 17.1. The summed E-state index contributed by atoms with van der Waals surface area (Å²) in [5.74, 6) is -0.728. The normalized spacial score (nSPS) is 20.7. The van der Waals surface area contributed by atoms with Crippen molar-refractivity contribution in [2.75, 3.05) is 0 Å². The summed E-state index contributed by atoms with van der Waals surface area (Å²) in [7, 11) is 0. The molecule has 5 rings (SSSR count). The molecule has 1 heterocycles. The molecule has 2 aliphatic rings. The Morgan fingerprint density at radius 2 is 1.78 bits per heavy atom. The van der Waals surface area contributed by atoms with Crippen LogP contribution in [-0.4, -0.2) is 28.9 Å². The molecule has 3 atom stereocenters. The van der Waals surface area contributed by atoms with E-state index in [1.54, 1.807) is 0 Å². The lowest BCUT2D eigenvalue weighted by atomic mass is 9.90. The van der Waals surface area contributed by atoms with Crippen LogP contribution >= 0.6 is 11.6 Å². The summed E-state index contributed by atoms with van der Waals surface area (Å²) in [6, 6.07) is 25.1. The molecule has 0 spiro atoms. The van der Waals surface area contributed by atoms with Crippen LogP contribution in [0.4, 0.5) is 0 Å². The van der Waals surface area contributed by atoms with Gasteiger partial charge < -0.3 is 15.3 Å². The van der Waals surface area contributed by atoms with Gasteiger partial charge in [-0.1, -0.05) is 77.4 Å². The van der Waals surface area contributed by atoms with E-state index in [9.17, 15) is 9.90 Å². The lowest BCUT2D eigenvalue weighted by molar-refractivity contribution is -0.137. The number of nitrogens with zero attached hydrogens (tertiary/aromatic N) is 1. The number of carboxylic acids is 1. The zero-order valence-electron chi connectivity index (χ0n) is 21.3. The summed E-state index contributed by atoms with van der Waals surface area (Å²) in [6.07, 6.45) is 3.87. The summed E-state index contributed by atoms with van der Waals surface area (Å²) < 4.78 is 0. The Hall–Kier alpha value is -3.15. The van der Waals surface area contributed by atoms with Crippen molar-refractivity contribution in [1.82, 2.24) is 5.32 Å². The summed E-state index contributed by atoms with van der Waals surface area (Å²) >= 11 is 6.13. The number of rotatable bonds is 10. The quantitative estimate of drug-likeness (QED) is 0.306. The standard InChI is InChI=1S/C31H33ClN2O3/c1-20(6-7-22-4-3-5-27(32)18-22)33-29-21(2)34-37-30(29)25-10-8-23(9-11-25)24-12-14-26(15-13-24)31(16-17-31)19-28(35)36/h3-5,8-15,18,20,29-30,33H,6-7,16-17,19H2,1-2H3,(H,35,36). The highest BCUT2D eigenvalue weighted by Crippen LogP contribution is 2.51. The number of hydrogen-bond donors (Lipinski definition) is 2. The highest BCUT2D eigenvalue weighted by molar-refractivity contribution is 6.30. The molecule has 6 heteroatoms. The van der Waals surface area contributed by atoms with Crippen molar-refractivity contribution in [3.63, 3.8) is 0 Å². The molecule has 0 bridgehead atoms. The number of aryl methyl sites for hydroxylation is 1. The van der Waals surface area contributed by atoms with Crippen molar-refractivity contribution in [2.45, 2.75) is 69.6 Å². The van der Waals surface area contributed by atoms with Crippen LogP contribution < -0.4 is 5.32 Å². The fraction of sp³-hybridized carbons (Fsp3) is 0.355. The molecule has 37 heavy (non-hydrogen) atoms. The van der Waals surface area contributed by atoms with Gasteiger partial charge in [-0.3, -0.25) is 4.79 Å². The number of carboxylic acid groups (broad SMARTS) is 1.